The number of carbonyl (C=O) groups excluding carboxylic acids is 1. The van der Waals surface area contributed by atoms with Crippen LogP contribution in [0, 0.1) is 0 Å². The number of anilines is 1. The normalized spacial score (nSPS) is 15.6. The summed E-state index contributed by atoms with van der Waals surface area (Å²) in [5, 5.41) is 0. The van der Waals surface area contributed by atoms with Crippen molar-refractivity contribution in [1.29, 1.82) is 0 Å². The van der Waals surface area contributed by atoms with Gasteiger partial charge in [-0.15, -0.1) is 0 Å². The number of pyridine rings is 1. The third-order valence-corrected chi connectivity index (χ3v) is 4.59. The summed E-state index contributed by atoms with van der Waals surface area (Å²) in [5.74, 6) is 0.0830. The molecule has 1 saturated heterocycles. The molecule has 0 atom stereocenters. The maximum atomic E-state index is 12.3. The van der Waals surface area contributed by atoms with Crippen molar-refractivity contribution < 1.29 is 4.79 Å². The molecule has 0 unspecified atom stereocenters. The van der Waals surface area contributed by atoms with E-state index in [1.54, 1.807) is 18.5 Å². The fourth-order valence-corrected chi connectivity index (χ4v) is 3.09. The lowest BCUT2D eigenvalue weighted by Gasteiger charge is -2.37. The molecule has 1 fully saturated rings. The predicted molar refractivity (Wildman–Crippen MR) is 97.7 cm³/mol. The standard InChI is InChI=1S/C20H23N3O/c1-22(18-7-3-2-4-8-18)19-11-14-23(15-12-19)20(24)10-9-17-6-5-13-21-16-17/h2-10,13,16,19H,11-12,14-15H2,1H3. The van der Waals surface area contributed by atoms with Crippen LogP contribution in [0.4, 0.5) is 5.69 Å². The minimum absolute atomic E-state index is 0.0830. The number of hydrogen-bond donors (Lipinski definition) is 0. The number of aromatic nitrogens is 1. The van der Waals surface area contributed by atoms with E-state index in [9.17, 15) is 4.79 Å². The van der Waals surface area contributed by atoms with Crippen LogP contribution < -0.4 is 4.90 Å². The van der Waals surface area contributed by atoms with Gasteiger partial charge in [-0.1, -0.05) is 24.3 Å². The topological polar surface area (TPSA) is 36.4 Å². The van der Waals surface area contributed by atoms with Crippen LogP contribution in [-0.4, -0.2) is 42.0 Å². The van der Waals surface area contributed by atoms with Gasteiger partial charge in [0.25, 0.3) is 0 Å². The number of nitrogens with zero attached hydrogens (tertiary/aromatic N) is 3. The van der Waals surface area contributed by atoms with Crippen molar-refractivity contribution in [2.24, 2.45) is 0 Å². The summed E-state index contributed by atoms with van der Waals surface area (Å²) in [5.41, 5.74) is 2.18. The van der Waals surface area contributed by atoms with Crippen molar-refractivity contribution in [2.75, 3.05) is 25.0 Å². The van der Waals surface area contributed by atoms with Gasteiger partial charge in [-0.05, 0) is 42.7 Å². The Labute approximate surface area is 143 Å². The highest BCUT2D eigenvalue weighted by Gasteiger charge is 2.24. The molecule has 1 aliphatic heterocycles. The summed E-state index contributed by atoms with van der Waals surface area (Å²) in [7, 11) is 2.14. The molecule has 0 aliphatic carbocycles. The maximum Gasteiger partial charge on any atom is 0.246 e. The molecule has 0 radical (unpaired) electrons. The number of rotatable bonds is 4. The first-order valence-corrected chi connectivity index (χ1v) is 8.39. The molecule has 124 valence electrons. The highest BCUT2D eigenvalue weighted by molar-refractivity contribution is 5.91. The van der Waals surface area contributed by atoms with Gasteiger partial charge >= 0.3 is 0 Å². The van der Waals surface area contributed by atoms with Gasteiger partial charge in [0.05, 0.1) is 0 Å². The summed E-state index contributed by atoms with van der Waals surface area (Å²) in [6.07, 6.45) is 8.96. The molecule has 0 bridgehead atoms. The minimum atomic E-state index is 0.0830. The highest BCUT2D eigenvalue weighted by atomic mass is 16.2. The predicted octanol–water partition coefficient (Wildman–Crippen LogP) is 3.22. The molecular formula is C20H23N3O. The van der Waals surface area contributed by atoms with Crippen molar-refractivity contribution in [1.82, 2.24) is 9.88 Å². The summed E-state index contributed by atoms with van der Waals surface area (Å²) in [6.45, 7) is 1.61. The van der Waals surface area contributed by atoms with Crippen LogP contribution in [0.3, 0.4) is 0 Å². The quantitative estimate of drug-likeness (QED) is 0.811. The van der Waals surface area contributed by atoms with E-state index < -0.39 is 0 Å². The van der Waals surface area contributed by atoms with E-state index in [2.05, 4.69) is 41.2 Å². The van der Waals surface area contributed by atoms with Gasteiger partial charge in [-0.25, -0.2) is 0 Å². The molecule has 2 heterocycles. The number of para-hydroxylation sites is 1. The lowest BCUT2D eigenvalue weighted by atomic mass is 10.0. The Bertz CT molecular complexity index is 677. The molecule has 0 N–H and O–H groups in total. The molecule has 4 nitrogen and oxygen atoms in total. The first kappa shape index (κ1) is 16.2. The van der Waals surface area contributed by atoms with Crippen molar-refractivity contribution in [3.63, 3.8) is 0 Å². The second-order valence-corrected chi connectivity index (χ2v) is 6.12. The minimum Gasteiger partial charge on any atom is -0.371 e. The lowest BCUT2D eigenvalue weighted by molar-refractivity contribution is -0.126. The maximum absolute atomic E-state index is 12.3. The number of benzene rings is 1. The van der Waals surface area contributed by atoms with E-state index in [0.717, 1.165) is 31.5 Å². The molecular weight excluding hydrogens is 298 g/mol. The van der Waals surface area contributed by atoms with Crippen LogP contribution in [-0.2, 0) is 4.79 Å². The first-order chi connectivity index (χ1) is 11.7. The molecule has 1 aromatic heterocycles. The largest absolute Gasteiger partial charge is 0.371 e. The Kier molecular flexibility index (Phi) is 5.26. The monoisotopic (exact) mass is 321 g/mol. The van der Waals surface area contributed by atoms with Crippen LogP contribution >= 0.6 is 0 Å². The van der Waals surface area contributed by atoms with E-state index in [1.165, 1.54) is 5.69 Å². The number of likely N-dealkylation sites (tertiary alicyclic amines) is 1. The number of hydrogen-bond acceptors (Lipinski definition) is 3. The Morgan fingerprint density at radius 1 is 1.17 bits per heavy atom. The number of piperidine rings is 1. The molecule has 24 heavy (non-hydrogen) atoms. The Balaban J connectivity index is 1.53. The van der Waals surface area contributed by atoms with E-state index in [-0.39, 0.29) is 5.91 Å². The summed E-state index contributed by atoms with van der Waals surface area (Å²) < 4.78 is 0. The smallest absolute Gasteiger partial charge is 0.246 e. The summed E-state index contributed by atoms with van der Waals surface area (Å²) in [4.78, 5) is 20.6. The fourth-order valence-electron chi connectivity index (χ4n) is 3.09. The average molecular weight is 321 g/mol. The number of amides is 1. The van der Waals surface area contributed by atoms with Crippen LogP contribution in [0.15, 0.2) is 60.9 Å². The second kappa shape index (κ2) is 7.77. The van der Waals surface area contributed by atoms with E-state index >= 15 is 0 Å². The van der Waals surface area contributed by atoms with Crippen LogP contribution in [0.1, 0.15) is 18.4 Å². The first-order valence-electron chi connectivity index (χ1n) is 8.39. The molecule has 0 saturated carbocycles. The zero-order valence-corrected chi connectivity index (χ0v) is 14.0. The molecule has 1 amide bonds. The van der Waals surface area contributed by atoms with Crippen LogP contribution in [0.2, 0.25) is 0 Å². The molecule has 1 aromatic carbocycles. The zero-order chi connectivity index (χ0) is 16.8. The Hall–Kier alpha value is -2.62. The van der Waals surface area contributed by atoms with Gasteiger partial charge in [-0.3, -0.25) is 9.78 Å². The van der Waals surface area contributed by atoms with Gasteiger partial charge in [-0.2, -0.15) is 0 Å². The van der Waals surface area contributed by atoms with E-state index in [4.69, 9.17) is 0 Å². The average Bonchev–Trinajstić information content (AvgIpc) is 2.67. The lowest BCUT2D eigenvalue weighted by Crippen LogP contribution is -2.45. The van der Waals surface area contributed by atoms with Crippen LogP contribution in [0.25, 0.3) is 6.08 Å². The SMILES string of the molecule is CN(c1ccccc1)C1CCN(C(=O)C=Cc2cccnc2)CC1. The third-order valence-electron chi connectivity index (χ3n) is 4.59. The van der Waals surface area contributed by atoms with Crippen LogP contribution in [0.5, 0.6) is 0 Å². The highest BCUT2D eigenvalue weighted by Crippen LogP contribution is 2.22. The fraction of sp³-hybridized carbons (Fsp3) is 0.300. The van der Waals surface area contributed by atoms with Gasteiger partial charge in [0.1, 0.15) is 0 Å². The van der Waals surface area contributed by atoms with Gasteiger partial charge < -0.3 is 9.80 Å². The van der Waals surface area contributed by atoms with E-state index in [1.807, 2.05) is 29.2 Å². The third kappa shape index (κ3) is 4.02. The second-order valence-electron chi connectivity index (χ2n) is 6.12. The van der Waals surface area contributed by atoms with Crippen molar-refractivity contribution in [3.05, 3.63) is 66.5 Å². The van der Waals surface area contributed by atoms with Gasteiger partial charge in [0, 0.05) is 50.3 Å². The van der Waals surface area contributed by atoms with Gasteiger partial charge in [0.2, 0.25) is 5.91 Å². The van der Waals surface area contributed by atoms with Crippen molar-refractivity contribution in [2.45, 2.75) is 18.9 Å². The van der Waals surface area contributed by atoms with Gasteiger partial charge in [0.15, 0.2) is 0 Å². The molecule has 4 heteroatoms. The molecule has 2 aromatic rings. The summed E-state index contributed by atoms with van der Waals surface area (Å²) in [6, 6.07) is 14.7. The van der Waals surface area contributed by atoms with Crippen molar-refractivity contribution in [3.8, 4) is 0 Å². The molecule has 1 aliphatic rings. The number of carbonyl (C=O) groups is 1. The van der Waals surface area contributed by atoms with Crippen molar-refractivity contribution >= 4 is 17.7 Å². The van der Waals surface area contributed by atoms with E-state index in [0.29, 0.717) is 6.04 Å². The Morgan fingerprint density at radius 3 is 2.58 bits per heavy atom. The molecule has 3 rings (SSSR count). The zero-order valence-electron chi connectivity index (χ0n) is 14.0. The molecule has 0 spiro atoms. The Morgan fingerprint density at radius 2 is 1.92 bits per heavy atom. The summed E-state index contributed by atoms with van der Waals surface area (Å²) >= 11 is 0.